The quantitative estimate of drug-likeness (QED) is 0.504. The highest BCUT2D eigenvalue weighted by molar-refractivity contribution is 7.15. The molecule has 7 heteroatoms. The van der Waals surface area contributed by atoms with E-state index in [1.165, 1.54) is 11.3 Å². The molecule has 1 fully saturated rings. The van der Waals surface area contributed by atoms with Gasteiger partial charge in [-0.25, -0.2) is 4.98 Å². The van der Waals surface area contributed by atoms with E-state index in [0.717, 1.165) is 22.4 Å². The zero-order valence-corrected chi connectivity index (χ0v) is 19.1. The molecule has 1 saturated heterocycles. The Morgan fingerprint density at radius 3 is 2.53 bits per heavy atom. The van der Waals surface area contributed by atoms with Crippen molar-refractivity contribution in [2.45, 2.75) is 19.3 Å². The second-order valence-electron chi connectivity index (χ2n) is 7.77. The van der Waals surface area contributed by atoms with Gasteiger partial charge < -0.3 is 10.2 Å². The number of hydrogen-bond acceptors (Lipinski definition) is 4. The van der Waals surface area contributed by atoms with Gasteiger partial charge in [0.05, 0.1) is 0 Å². The van der Waals surface area contributed by atoms with Gasteiger partial charge in [0.15, 0.2) is 5.13 Å². The Morgan fingerprint density at radius 1 is 1.09 bits per heavy atom. The van der Waals surface area contributed by atoms with E-state index in [1.807, 2.05) is 60.7 Å². The molecular weight excluding hydrogens is 442 g/mol. The third kappa shape index (κ3) is 6.05. The maximum Gasteiger partial charge on any atom is 0.246 e. The number of anilines is 1. The van der Waals surface area contributed by atoms with Gasteiger partial charge in [-0.1, -0.05) is 54.1 Å². The number of likely N-dealkylation sites (tertiary alicyclic amines) is 1. The third-order valence-electron chi connectivity index (χ3n) is 5.47. The van der Waals surface area contributed by atoms with Gasteiger partial charge in [0, 0.05) is 47.6 Å². The summed E-state index contributed by atoms with van der Waals surface area (Å²) in [4.78, 5) is 32.3. The molecule has 0 saturated carbocycles. The molecule has 2 aromatic carbocycles. The normalized spacial score (nSPS) is 14.6. The van der Waals surface area contributed by atoms with E-state index in [1.54, 1.807) is 17.2 Å². The molecule has 1 N–H and O–H groups in total. The van der Waals surface area contributed by atoms with Gasteiger partial charge in [-0.15, -0.1) is 11.3 Å². The molecule has 1 aromatic heterocycles. The molecule has 0 spiro atoms. The monoisotopic (exact) mass is 465 g/mol. The van der Waals surface area contributed by atoms with E-state index in [2.05, 4.69) is 10.3 Å². The first-order chi connectivity index (χ1) is 15.6. The van der Waals surface area contributed by atoms with Crippen LogP contribution in [0.25, 0.3) is 6.08 Å². The minimum absolute atomic E-state index is 0.0144. The highest BCUT2D eigenvalue weighted by Crippen LogP contribution is 2.24. The molecule has 4 rings (SSSR count). The largest absolute Gasteiger partial charge is 0.339 e. The number of aromatic nitrogens is 1. The number of nitrogens with one attached hydrogen (secondary N) is 1. The Kier molecular flexibility index (Phi) is 7.35. The summed E-state index contributed by atoms with van der Waals surface area (Å²) < 4.78 is 0. The first kappa shape index (κ1) is 22.2. The lowest BCUT2D eigenvalue weighted by Crippen LogP contribution is -2.40. The van der Waals surface area contributed by atoms with Crippen LogP contribution < -0.4 is 5.32 Å². The topological polar surface area (TPSA) is 62.3 Å². The van der Waals surface area contributed by atoms with Crippen LogP contribution >= 0.6 is 22.9 Å². The number of halogens is 1. The van der Waals surface area contributed by atoms with Crippen LogP contribution in [0.4, 0.5) is 5.13 Å². The standard InChI is InChI=1S/C25H24ClN3O2S/c26-21-9-6-19(7-10-21)16-22-17-27-25(32-22)28-24(31)20-12-14-29(15-13-20)23(30)11-8-18-4-2-1-3-5-18/h1-11,17,20H,12-16H2,(H,27,28,31)/b11-8+. The van der Waals surface area contributed by atoms with Crippen molar-refractivity contribution in [1.82, 2.24) is 9.88 Å². The average Bonchev–Trinajstić information content (AvgIpc) is 3.26. The van der Waals surface area contributed by atoms with Crippen molar-refractivity contribution in [3.05, 3.63) is 87.9 Å². The number of nitrogens with zero attached hydrogens (tertiary/aromatic N) is 2. The summed E-state index contributed by atoms with van der Waals surface area (Å²) in [6.07, 6.45) is 7.29. The first-order valence-corrected chi connectivity index (χ1v) is 11.8. The molecule has 164 valence electrons. The number of thiazole rings is 1. The summed E-state index contributed by atoms with van der Waals surface area (Å²) >= 11 is 7.42. The lowest BCUT2D eigenvalue weighted by molar-refractivity contribution is -0.130. The van der Waals surface area contributed by atoms with Gasteiger partial charge in [-0.3, -0.25) is 9.59 Å². The molecule has 0 unspecified atom stereocenters. The molecule has 1 aliphatic heterocycles. The lowest BCUT2D eigenvalue weighted by atomic mass is 9.96. The second-order valence-corrected chi connectivity index (χ2v) is 9.32. The maximum absolute atomic E-state index is 12.7. The fourth-order valence-corrected chi connectivity index (χ4v) is 4.63. The van der Waals surface area contributed by atoms with Crippen LogP contribution in [-0.4, -0.2) is 34.8 Å². The molecule has 0 aliphatic carbocycles. The van der Waals surface area contributed by atoms with E-state index < -0.39 is 0 Å². The summed E-state index contributed by atoms with van der Waals surface area (Å²) in [6, 6.07) is 17.5. The van der Waals surface area contributed by atoms with Gasteiger partial charge in [-0.05, 0) is 42.2 Å². The van der Waals surface area contributed by atoms with E-state index in [4.69, 9.17) is 11.6 Å². The molecule has 0 atom stereocenters. The SMILES string of the molecule is O=C(Nc1ncc(Cc2ccc(Cl)cc2)s1)C1CCN(C(=O)/C=C/c2ccccc2)CC1. The number of rotatable bonds is 6. The Morgan fingerprint density at radius 2 is 1.81 bits per heavy atom. The molecular formula is C25H24ClN3O2S. The highest BCUT2D eigenvalue weighted by Gasteiger charge is 2.27. The van der Waals surface area contributed by atoms with E-state index >= 15 is 0 Å². The van der Waals surface area contributed by atoms with Gasteiger partial charge in [-0.2, -0.15) is 0 Å². The summed E-state index contributed by atoms with van der Waals surface area (Å²) in [5.74, 6) is -0.149. The van der Waals surface area contributed by atoms with Crippen molar-refractivity contribution in [2.75, 3.05) is 18.4 Å². The zero-order chi connectivity index (χ0) is 22.3. The van der Waals surface area contributed by atoms with Crippen LogP contribution in [0.3, 0.4) is 0 Å². The fraction of sp³-hybridized carbons (Fsp3) is 0.240. The Bertz CT molecular complexity index is 1090. The summed E-state index contributed by atoms with van der Waals surface area (Å²) in [5, 5.41) is 4.28. The van der Waals surface area contributed by atoms with Crippen LogP contribution in [0.2, 0.25) is 5.02 Å². The van der Waals surface area contributed by atoms with Crippen LogP contribution in [-0.2, 0) is 16.0 Å². The van der Waals surface area contributed by atoms with E-state index in [-0.39, 0.29) is 17.7 Å². The van der Waals surface area contributed by atoms with Crippen molar-refractivity contribution in [1.29, 1.82) is 0 Å². The minimum atomic E-state index is -0.110. The van der Waals surface area contributed by atoms with Crippen LogP contribution in [0.15, 0.2) is 66.9 Å². The minimum Gasteiger partial charge on any atom is -0.339 e. The smallest absolute Gasteiger partial charge is 0.246 e. The first-order valence-electron chi connectivity index (χ1n) is 10.6. The van der Waals surface area contributed by atoms with Crippen molar-refractivity contribution in [3.63, 3.8) is 0 Å². The predicted molar refractivity (Wildman–Crippen MR) is 130 cm³/mol. The second kappa shape index (κ2) is 10.6. The molecule has 0 radical (unpaired) electrons. The summed E-state index contributed by atoms with van der Waals surface area (Å²) in [7, 11) is 0. The zero-order valence-electron chi connectivity index (χ0n) is 17.5. The molecule has 5 nitrogen and oxygen atoms in total. The molecule has 1 aliphatic rings. The molecule has 3 aromatic rings. The van der Waals surface area contributed by atoms with Crippen LogP contribution in [0, 0.1) is 5.92 Å². The number of carbonyl (C=O) groups is 2. The highest BCUT2D eigenvalue weighted by atomic mass is 35.5. The van der Waals surface area contributed by atoms with Gasteiger partial charge >= 0.3 is 0 Å². The van der Waals surface area contributed by atoms with Crippen molar-refractivity contribution in [2.24, 2.45) is 5.92 Å². The lowest BCUT2D eigenvalue weighted by Gasteiger charge is -2.30. The van der Waals surface area contributed by atoms with E-state index in [0.29, 0.717) is 36.1 Å². The molecule has 32 heavy (non-hydrogen) atoms. The summed E-state index contributed by atoms with van der Waals surface area (Å²) in [6.45, 7) is 1.16. The van der Waals surface area contributed by atoms with Crippen LogP contribution in [0.5, 0.6) is 0 Å². The van der Waals surface area contributed by atoms with Crippen molar-refractivity contribution >= 4 is 46.0 Å². The van der Waals surface area contributed by atoms with Crippen molar-refractivity contribution < 1.29 is 9.59 Å². The average molecular weight is 466 g/mol. The molecule has 2 heterocycles. The number of benzene rings is 2. The van der Waals surface area contributed by atoms with Gasteiger partial charge in [0.25, 0.3) is 0 Å². The maximum atomic E-state index is 12.7. The van der Waals surface area contributed by atoms with Crippen molar-refractivity contribution in [3.8, 4) is 0 Å². The number of hydrogen-bond donors (Lipinski definition) is 1. The Balaban J connectivity index is 1.25. The van der Waals surface area contributed by atoms with Gasteiger partial charge in [0.1, 0.15) is 0 Å². The third-order valence-corrected chi connectivity index (χ3v) is 6.64. The van der Waals surface area contributed by atoms with Gasteiger partial charge in [0.2, 0.25) is 11.8 Å². The Labute approximate surface area is 196 Å². The summed E-state index contributed by atoms with van der Waals surface area (Å²) in [5.41, 5.74) is 2.14. The van der Waals surface area contributed by atoms with E-state index in [9.17, 15) is 9.59 Å². The predicted octanol–water partition coefficient (Wildman–Crippen LogP) is 5.28. The Hall–Kier alpha value is -2.96. The fourth-order valence-electron chi connectivity index (χ4n) is 3.66. The number of piperidine rings is 1. The molecule has 0 bridgehead atoms. The van der Waals surface area contributed by atoms with Crippen LogP contribution in [0.1, 0.15) is 28.8 Å². The number of amides is 2. The molecule has 2 amide bonds. The number of carbonyl (C=O) groups excluding carboxylic acids is 2.